The lowest BCUT2D eigenvalue weighted by Crippen LogP contribution is -2.49. The largest absolute Gasteiger partial charge is 0.367 e. The molecule has 5 rings (SSSR count). The van der Waals surface area contributed by atoms with Crippen molar-refractivity contribution in [3.05, 3.63) is 59.5 Å². The second kappa shape index (κ2) is 13.1. The molecule has 3 aromatic rings. The maximum atomic E-state index is 15.2. The number of piperazine rings is 1. The van der Waals surface area contributed by atoms with Crippen molar-refractivity contribution in [3.8, 4) is 0 Å². The van der Waals surface area contributed by atoms with E-state index in [2.05, 4.69) is 42.3 Å². The zero-order valence-electron chi connectivity index (χ0n) is 22.9. The third-order valence-corrected chi connectivity index (χ3v) is 8.38. The van der Waals surface area contributed by atoms with E-state index in [-0.39, 0.29) is 23.6 Å². The Morgan fingerprint density at radius 1 is 1.07 bits per heavy atom. The molecule has 2 saturated heterocycles. The predicted octanol–water partition coefficient (Wildman–Crippen LogP) is 4.52. The van der Waals surface area contributed by atoms with E-state index in [4.69, 9.17) is 11.6 Å². The molecule has 9 nitrogen and oxygen atoms in total. The van der Waals surface area contributed by atoms with Crippen LogP contribution in [-0.2, 0) is 11.9 Å². The Morgan fingerprint density at radius 3 is 2.55 bits per heavy atom. The number of nitrogens with one attached hydrogen (secondary N) is 2. The molecule has 214 valence electrons. The lowest BCUT2D eigenvalue weighted by Gasteiger charge is -2.39. The summed E-state index contributed by atoms with van der Waals surface area (Å²) in [5, 5.41) is 6.58. The molecular weight excluding hydrogens is 551 g/mol. The number of benzene rings is 2. The van der Waals surface area contributed by atoms with E-state index in [0.717, 1.165) is 38.6 Å². The smallest absolute Gasteiger partial charge is 0.229 e. The van der Waals surface area contributed by atoms with Crippen LogP contribution in [0.3, 0.4) is 0 Å². The van der Waals surface area contributed by atoms with Gasteiger partial charge < -0.3 is 20.4 Å². The minimum Gasteiger partial charge on any atom is -0.367 e. The molecule has 0 saturated carbocycles. The first-order chi connectivity index (χ1) is 19.4. The molecule has 12 heteroatoms. The number of aromatic nitrogens is 2. The first-order valence-electron chi connectivity index (χ1n) is 13.6. The van der Waals surface area contributed by atoms with Gasteiger partial charge in [-0.2, -0.15) is 4.98 Å². The Balaban J connectivity index is 1.20. The van der Waals surface area contributed by atoms with Crippen LogP contribution in [0.1, 0.15) is 12.8 Å². The summed E-state index contributed by atoms with van der Waals surface area (Å²) < 4.78 is 28.2. The molecule has 2 N–H and O–H groups in total. The van der Waals surface area contributed by atoms with Crippen molar-refractivity contribution in [2.24, 2.45) is 5.92 Å². The Morgan fingerprint density at radius 2 is 1.82 bits per heavy atom. The summed E-state index contributed by atoms with van der Waals surface area (Å²) in [7, 11) is 3.90. The normalized spacial score (nSPS) is 17.1. The SMILES string of the molecule is CN1CCC(CN2CCN(c3ccc(Nc4ncc(Cl)c(Nc5ccccc5N(C)[SH]=O)n4)cc3F)CC2)CC1. The number of thiol groups is 1. The molecular formula is C28H36ClFN8OS. The number of anilines is 6. The van der Waals surface area contributed by atoms with Gasteiger partial charge in [0.05, 0.1) is 23.3 Å². The zero-order chi connectivity index (χ0) is 28.1. The molecule has 0 amide bonds. The molecule has 40 heavy (non-hydrogen) atoms. The van der Waals surface area contributed by atoms with Crippen LogP contribution in [0.25, 0.3) is 0 Å². The van der Waals surface area contributed by atoms with Crippen molar-refractivity contribution in [2.75, 3.05) is 79.7 Å². The third kappa shape index (κ3) is 7.01. The summed E-state index contributed by atoms with van der Waals surface area (Å²) in [4.78, 5) is 15.8. The van der Waals surface area contributed by atoms with Crippen molar-refractivity contribution in [1.82, 2.24) is 19.8 Å². The van der Waals surface area contributed by atoms with E-state index in [1.165, 1.54) is 38.2 Å². The molecule has 3 heterocycles. The molecule has 0 bridgehead atoms. The Hall–Kier alpha value is -2.99. The van der Waals surface area contributed by atoms with Gasteiger partial charge in [-0.15, -0.1) is 0 Å². The molecule has 0 atom stereocenters. The Bertz CT molecular complexity index is 1320. The van der Waals surface area contributed by atoms with Crippen molar-refractivity contribution >= 4 is 58.0 Å². The molecule has 0 spiro atoms. The van der Waals surface area contributed by atoms with Crippen LogP contribution in [-0.4, -0.2) is 83.9 Å². The molecule has 2 fully saturated rings. The van der Waals surface area contributed by atoms with E-state index < -0.39 is 0 Å². The summed E-state index contributed by atoms with van der Waals surface area (Å²) in [5.74, 6) is 1.13. The molecule has 0 radical (unpaired) electrons. The van der Waals surface area contributed by atoms with Crippen molar-refractivity contribution in [2.45, 2.75) is 12.8 Å². The molecule has 0 aliphatic carbocycles. The fourth-order valence-corrected chi connectivity index (χ4v) is 5.70. The Kier molecular flexibility index (Phi) is 9.36. The molecule has 2 aliphatic rings. The van der Waals surface area contributed by atoms with Gasteiger partial charge in [-0.25, -0.2) is 13.6 Å². The number of rotatable bonds is 9. The number of hydrogen-bond acceptors (Lipinski definition) is 8. The summed E-state index contributed by atoms with van der Waals surface area (Å²) >= 11 is 6.21. The highest BCUT2D eigenvalue weighted by Crippen LogP contribution is 2.31. The van der Waals surface area contributed by atoms with Gasteiger partial charge in [-0.3, -0.25) is 9.21 Å². The van der Waals surface area contributed by atoms with Crippen molar-refractivity contribution in [1.29, 1.82) is 0 Å². The minimum absolute atomic E-state index is 0.142. The highest BCUT2D eigenvalue weighted by atomic mass is 35.5. The monoisotopic (exact) mass is 586 g/mol. The summed E-state index contributed by atoms with van der Waals surface area (Å²) in [5.41, 5.74) is 2.55. The second-order valence-electron chi connectivity index (χ2n) is 10.5. The maximum Gasteiger partial charge on any atom is 0.229 e. The van der Waals surface area contributed by atoms with Gasteiger partial charge in [-0.1, -0.05) is 23.7 Å². The number of likely N-dealkylation sites (tertiary alicyclic amines) is 1. The molecule has 1 aromatic heterocycles. The van der Waals surface area contributed by atoms with E-state index in [1.807, 2.05) is 36.4 Å². The average Bonchev–Trinajstić information content (AvgIpc) is 2.96. The summed E-state index contributed by atoms with van der Waals surface area (Å²) in [6, 6.07) is 12.5. The van der Waals surface area contributed by atoms with E-state index in [1.54, 1.807) is 11.4 Å². The highest BCUT2D eigenvalue weighted by molar-refractivity contribution is 7.67. The van der Waals surface area contributed by atoms with Gasteiger partial charge in [0.25, 0.3) is 0 Å². The van der Waals surface area contributed by atoms with Gasteiger partial charge in [0, 0.05) is 45.5 Å². The first-order valence-corrected chi connectivity index (χ1v) is 14.7. The third-order valence-electron chi connectivity index (χ3n) is 7.64. The lowest BCUT2D eigenvalue weighted by molar-refractivity contribution is 0.155. The van der Waals surface area contributed by atoms with Crippen LogP contribution in [0.2, 0.25) is 5.02 Å². The number of para-hydroxylation sites is 2. The highest BCUT2D eigenvalue weighted by Gasteiger charge is 2.24. The number of hydrogen-bond donors (Lipinski definition) is 3. The van der Waals surface area contributed by atoms with Gasteiger partial charge >= 0.3 is 0 Å². The average molecular weight is 587 g/mol. The van der Waals surface area contributed by atoms with Gasteiger partial charge in [0.15, 0.2) is 5.82 Å². The van der Waals surface area contributed by atoms with E-state index in [9.17, 15) is 4.21 Å². The summed E-state index contributed by atoms with van der Waals surface area (Å²) in [6.07, 6.45) is 4.01. The van der Waals surface area contributed by atoms with Crippen LogP contribution in [0.15, 0.2) is 48.7 Å². The van der Waals surface area contributed by atoms with Crippen LogP contribution in [0, 0.1) is 11.7 Å². The van der Waals surface area contributed by atoms with E-state index in [0.29, 0.717) is 33.6 Å². The second-order valence-corrected chi connectivity index (χ2v) is 11.6. The topological polar surface area (TPSA) is 79.9 Å². The summed E-state index contributed by atoms with van der Waals surface area (Å²) in [6.45, 7) is 7.04. The lowest BCUT2D eigenvalue weighted by atomic mass is 9.96. The molecule has 2 aromatic carbocycles. The van der Waals surface area contributed by atoms with Crippen molar-refractivity contribution in [3.63, 3.8) is 0 Å². The standard InChI is InChI=1S/C28H36ClFN8OS/c1-35-11-9-20(10-12-35)19-37-13-15-38(16-14-37)25-8-7-21(17-23(25)30)32-28-31-18-22(29)27(34-28)33-24-5-3-4-6-26(24)36(2)40-39/h3-8,17-18,20,40H,9-16,19H2,1-2H3,(H2,31,32,33,34). The number of nitrogens with zero attached hydrogens (tertiary/aromatic N) is 6. The zero-order valence-corrected chi connectivity index (χ0v) is 24.5. The fraction of sp³-hybridized carbons (Fsp3) is 0.429. The van der Waals surface area contributed by atoms with E-state index >= 15 is 4.39 Å². The van der Waals surface area contributed by atoms with Crippen molar-refractivity contribution < 1.29 is 8.60 Å². The van der Waals surface area contributed by atoms with Crippen LogP contribution < -0.4 is 19.8 Å². The first kappa shape index (κ1) is 28.5. The van der Waals surface area contributed by atoms with Gasteiger partial charge in [0.1, 0.15) is 22.7 Å². The van der Waals surface area contributed by atoms with Gasteiger partial charge in [-0.05, 0) is 69.2 Å². The maximum absolute atomic E-state index is 15.2. The Labute approximate surface area is 244 Å². The van der Waals surface area contributed by atoms with Gasteiger partial charge in [0.2, 0.25) is 5.95 Å². The van der Waals surface area contributed by atoms with Crippen LogP contribution in [0.4, 0.5) is 38.9 Å². The quantitative estimate of drug-likeness (QED) is 0.316. The minimum atomic E-state index is -0.283. The van der Waals surface area contributed by atoms with Crippen LogP contribution >= 0.6 is 11.6 Å². The predicted molar refractivity (Wildman–Crippen MR) is 163 cm³/mol. The number of piperidine rings is 1. The number of halogens is 2. The molecule has 2 aliphatic heterocycles. The fourth-order valence-electron chi connectivity index (χ4n) is 5.30. The molecule has 0 unspecified atom stereocenters. The van der Waals surface area contributed by atoms with Crippen LogP contribution in [0.5, 0.6) is 0 Å².